The summed E-state index contributed by atoms with van der Waals surface area (Å²) in [6.45, 7) is -0.492. The average Bonchev–Trinajstić information content (AvgIpc) is 3.03. The second kappa shape index (κ2) is 9.42. The van der Waals surface area contributed by atoms with Gasteiger partial charge in [-0.1, -0.05) is 11.6 Å². The topological polar surface area (TPSA) is 54.6 Å². The Hall–Kier alpha value is -1.68. The number of hydroxylamine groups is 2. The van der Waals surface area contributed by atoms with Crippen LogP contribution in [-0.2, 0) is 22.2 Å². The molecular weight excluding hydrogens is 463 g/mol. The Morgan fingerprint density at radius 1 is 1.24 bits per heavy atom. The maximum Gasteiger partial charge on any atom is 0.431 e. The Balaban J connectivity index is 2.46. The summed E-state index contributed by atoms with van der Waals surface area (Å²) in [5.74, 6) is -1.56. The molecule has 0 fully saturated rings. The van der Waals surface area contributed by atoms with E-state index < -0.39 is 35.0 Å². The lowest BCUT2D eigenvalue weighted by Crippen LogP contribution is -2.30. The molecule has 0 radical (unpaired) electrons. The SMILES string of the molecule is CON(C)C(=O)COc1cc(-c2cc(C(F)(F)F)[nH]c2CC(Cl)Cl)c(F)cc1Cl. The summed E-state index contributed by atoms with van der Waals surface area (Å²) in [7, 11) is 2.62. The molecule has 0 saturated heterocycles. The summed E-state index contributed by atoms with van der Waals surface area (Å²) in [6.07, 6.45) is -4.88. The van der Waals surface area contributed by atoms with Crippen molar-refractivity contribution >= 4 is 40.7 Å². The Labute approximate surface area is 178 Å². The van der Waals surface area contributed by atoms with E-state index >= 15 is 0 Å². The molecule has 1 N–H and O–H groups in total. The van der Waals surface area contributed by atoms with E-state index in [0.717, 1.165) is 23.3 Å². The second-order valence-electron chi connectivity index (χ2n) is 5.79. The zero-order valence-electron chi connectivity index (χ0n) is 15.0. The maximum atomic E-state index is 14.5. The number of hydrogen-bond acceptors (Lipinski definition) is 3. The number of nitrogens with zero attached hydrogens (tertiary/aromatic N) is 1. The molecule has 0 saturated carbocycles. The number of likely N-dealkylation sites (N-methyl/N-ethyl adjacent to an activating group) is 1. The average molecular weight is 478 g/mol. The van der Waals surface area contributed by atoms with Crippen LogP contribution in [0.4, 0.5) is 17.6 Å². The van der Waals surface area contributed by atoms with Crippen molar-refractivity contribution in [2.45, 2.75) is 17.4 Å². The van der Waals surface area contributed by atoms with E-state index in [1.54, 1.807) is 0 Å². The molecule has 12 heteroatoms. The first kappa shape index (κ1) is 23.6. The van der Waals surface area contributed by atoms with Crippen LogP contribution in [0.3, 0.4) is 0 Å². The van der Waals surface area contributed by atoms with E-state index in [9.17, 15) is 22.4 Å². The first-order valence-corrected chi connectivity index (χ1v) is 9.19. The highest BCUT2D eigenvalue weighted by atomic mass is 35.5. The van der Waals surface area contributed by atoms with Gasteiger partial charge in [-0.3, -0.25) is 9.63 Å². The minimum atomic E-state index is -4.69. The highest BCUT2D eigenvalue weighted by Gasteiger charge is 2.34. The molecule has 2 aromatic rings. The Kier molecular flexibility index (Phi) is 7.67. The van der Waals surface area contributed by atoms with Crippen LogP contribution >= 0.6 is 34.8 Å². The van der Waals surface area contributed by atoms with Gasteiger partial charge in [0.05, 0.1) is 12.1 Å². The number of carbonyl (C=O) groups is 1. The van der Waals surface area contributed by atoms with Crippen LogP contribution in [-0.4, -0.2) is 41.6 Å². The van der Waals surface area contributed by atoms with E-state index in [4.69, 9.17) is 44.4 Å². The van der Waals surface area contributed by atoms with E-state index in [0.29, 0.717) is 0 Å². The number of hydrogen-bond donors (Lipinski definition) is 1. The number of aromatic amines is 1. The number of benzene rings is 1. The van der Waals surface area contributed by atoms with Crippen LogP contribution in [0.25, 0.3) is 11.1 Å². The predicted molar refractivity (Wildman–Crippen MR) is 101 cm³/mol. The van der Waals surface area contributed by atoms with Crippen LogP contribution in [0, 0.1) is 5.82 Å². The summed E-state index contributed by atoms with van der Waals surface area (Å²) in [5.41, 5.74) is -1.45. The number of carbonyl (C=O) groups excluding carboxylic acids is 1. The van der Waals surface area contributed by atoms with Gasteiger partial charge in [0.2, 0.25) is 0 Å². The van der Waals surface area contributed by atoms with E-state index in [1.807, 2.05) is 0 Å². The van der Waals surface area contributed by atoms with Crippen molar-refractivity contribution in [3.63, 3.8) is 0 Å². The Morgan fingerprint density at radius 2 is 1.90 bits per heavy atom. The lowest BCUT2D eigenvalue weighted by molar-refractivity contribution is -0.170. The molecule has 1 amide bonds. The molecule has 0 aliphatic rings. The van der Waals surface area contributed by atoms with Gasteiger partial charge in [0.1, 0.15) is 22.1 Å². The fourth-order valence-electron chi connectivity index (χ4n) is 2.38. The lowest BCUT2D eigenvalue weighted by atomic mass is 10.0. The molecule has 1 heterocycles. The summed E-state index contributed by atoms with van der Waals surface area (Å²) < 4.78 is 59.1. The summed E-state index contributed by atoms with van der Waals surface area (Å²) in [5, 5.41) is 0.735. The molecule has 0 atom stereocenters. The number of halogens is 7. The quantitative estimate of drug-likeness (QED) is 0.337. The van der Waals surface area contributed by atoms with E-state index in [2.05, 4.69) is 4.98 Å². The van der Waals surface area contributed by atoms with Crippen LogP contribution < -0.4 is 4.74 Å². The van der Waals surface area contributed by atoms with Crippen molar-refractivity contribution in [1.29, 1.82) is 0 Å². The normalized spacial score (nSPS) is 11.8. The van der Waals surface area contributed by atoms with Gasteiger partial charge < -0.3 is 9.72 Å². The molecular formula is C17H15Cl3F4N2O3. The van der Waals surface area contributed by atoms with Gasteiger partial charge in [-0.05, 0) is 18.2 Å². The van der Waals surface area contributed by atoms with Gasteiger partial charge in [0.15, 0.2) is 6.61 Å². The smallest absolute Gasteiger partial charge is 0.431 e. The van der Waals surface area contributed by atoms with Crippen LogP contribution in [0.15, 0.2) is 18.2 Å². The number of amides is 1. The van der Waals surface area contributed by atoms with Crippen molar-refractivity contribution in [3.8, 4) is 16.9 Å². The summed E-state index contributed by atoms with van der Waals surface area (Å²) in [6, 6.07) is 2.72. The van der Waals surface area contributed by atoms with Crippen LogP contribution in [0.1, 0.15) is 11.4 Å². The molecule has 0 aliphatic heterocycles. The van der Waals surface area contributed by atoms with Gasteiger partial charge >= 0.3 is 6.18 Å². The molecule has 160 valence electrons. The second-order valence-corrected chi connectivity index (χ2v) is 7.48. The number of aromatic nitrogens is 1. The largest absolute Gasteiger partial charge is 0.482 e. The summed E-state index contributed by atoms with van der Waals surface area (Å²) in [4.78, 5) is 17.6. The third kappa shape index (κ3) is 5.91. The minimum Gasteiger partial charge on any atom is -0.482 e. The zero-order chi connectivity index (χ0) is 21.9. The number of nitrogens with one attached hydrogen (secondary N) is 1. The molecule has 1 aromatic carbocycles. The van der Waals surface area contributed by atoms with Gasteiger partial charge in [0.25, 0.3) is 5.91 Å². The monoisotopic (exact) mass is 476 g/mol. The highest BCUT2D eigenvalue weighted by Crippen LogP contribution is 2.39. The maximum absolute atomic E-state index is 14.5. The standard InChI is InChI=1S/C17H15Cl3F4N2O3/c1-26(28-2)16(27)7-29-13-3-8(11(21)5-10(13)18)9-4-14(17(22,23)24)25-12(9)6-15(19)20/h3-5,15,25H,6-7H2,1-2H3. The molecule has 2 rings (SSSR count). The number of rotatable bonds is 7. The van der Waals surface area contributed by atoms with E-state index in [1.165, 1.54) is 14.2 Å². The first-order valence-electron chi connectivity index (χ1n) is 7.94. The predicted octanol–water partition coefficient (Wildman–Crippen LogP) is 5.24. The Morgan fingerprint density at radius 3 is 2.45 bits per heavy atom. The minimum absolute atomic E-state index is 0.0188. The van der Waals surface area contributed by atoms with Gasteiger partial charge in [-0.15, -0.1) is 23.2 Å². The molecule has 29 heavy (non-hydrogen) atoms. The molecule has 1 aromatic heterocycles. The van der Waals surface area contributed by atoms with Crippen molar-refractivity contribution in [2.75, 3.05) is 20.8 Å². The fourth-order valence-corrected chi connectivity index (χ4v) is 2.90. The van der Waals surface area contributed by atoms with Crippen molar-refractivity contribution in [2.24, 2.45) is 0 Å². The van der Waals surface area contributed by atoms with Gasteiger partial charge in [0, 0.05) is 30.3 Å². The van der Waals surface area contributed by atoms with Crippen LogP contribution in [0.2, 0.25) is 5.02 Å². The number of ether oxygens (including phenoxy) is 1. The molecule has 0 bridgehead atoms. The number of H-pyrrole nitrogens is 1. The molecule has 0 unspecified atom stereocenters. The molecule has 5 nitrogen and oxygen atoms in total. The first-order chi connectivity index (χ1) is 13.4. The fraction of sp³-hybridized carbons (Fsp3) is 0.353. The molecule has 0 spiro atoms. The van der Waals surface area contributed by atoms with Crippen molar-refractivity contribution in [3.05, 3.63) is 40.4 Å². The molecule has 0 aliphatic carbocycles. The Bertz CT molecular complexity index is 888. The third-order valence-corrected chi connectivity index (χ3v) is 4.46. The lowest BCUT2D eigenvalue weighted by Gasteiger charge is -2.15. The summed E-state index contributed by atoms with van der Waals surface area (Å²) >= 11 is 17.3. The highest BCUT2D eigenvalue weighted by molar-refractivity contribution is 6.44. The van der Waals surface area contributed by atoms with Crippen molar-refractivity contribution < 1.29 is 31.9 Å². The van der Waals surface area contributed by atoms with Crippen molar-refractivity contribution in [1.82, 2.24) is 10.0 Å². The third-order valence-electron chi connectivity index (χ3n) is 3.85. The van der Waals surface area contributed by atoms with Gasteiger partial charge in [-0.2, -0.15) is 13.2 Å². The number of alkyl halides is 5. The zero-order valence-corrected chi connectivity index (χ0v) is 17.3. The van der Waals surface area contributed by atoms with Gasteiger partial charge in [-0.25, -0.2) is 9.45 Å². The van der Waals surface area contributed by atoms with Crippen LogP contribution in [0.5, 0.6) is 5.75 Å². The van der Waals surface area contributed by atoms with E-state index in [-0.39, 0.29) is 34.0 Å².